The maximum absolute atomic E-state index is 11.9. The lowest BCUT2D eigenvalue weighted by atomic mass is 9.94. The molecule has 1 fully saturated rings. The van der Waals surface area contributed by atoms with Crippen molar-refractivity contribution in [2.24, 2.45) is 46.6 Å². The molecule has 4 aromatic rings. The van der Waals surface area contributed by atoms with E-state index in [0.717, 1.165) is 43.6 Å². The third kappa shape index (κ3) is 49.3. The molecule has 0 heterocycles. The molecule has 31 nitrogen and oxygen atoms in total. The number of benzene rings is 4. The molecule has 624 valence electrons. The predicted octanol–water partition coefficient (Wildman–Crippen LogP) is 15.1. The molecule has 4 unspecified atom stereocenters. The van der Waals surface area contributed by atoms with Crippen LogP contribution in [0.3, 0.4) is 0 Å². The summed E-state index contributed by atoms with van der Waals surface area (Å²) in [6, 6.07) is 19.1. The standard InChI is InChI=1S/C22H24N2O8.C18H16N2O8.C18H34N2O4.C15H30N2O3.C6H14S2/c25-21(31-19-13-9-17(10-14-19)23(27)28)7-5-3-1-2-4-6-8-22(26)32-20-15-11-18(12-16-20)24(29)30;21-17(27-15-9-5-13(6-10-15)19(23)24)3-1-2-4-18(22)28-16-11-7-14(8-12-16)20(25)26;1-11(2)9-15(19)17(21)23-13-5-7-14(8-6-13)24-18(22)16(20)10-12(3)4;1-10(2)8-13(16)12(5)19-6-7-20-15(18)14(17)9-11(3)4;7-5-3-1-2-4-6-8/h9-16H,1-8H2;5-12H,1-4H2;11-16H,5-10,19-20H2,1-4H3;10-11,13-14H,5-9,16-17H2,1-4H3;7-8H,1-6H2. The van der Waals surface area contributed by atoms with Crippen molar-refractivity contribution in [3.05, 3.63) is 150 Å². The molecule has 1 saturated carbocycles. The molecule has 1 aliphatic carbocycles. The van der Waals surface area contributed by atoms with E-state index in [1.807, 2.05) is 41.5 Å². The van der Waals surface area contributed by atoms with Gasteiger partial charge in [0.1, 0.15) is 72.3 Å². The second-order valence-electron chi connectivity index (χ2n) is 28.3. The number of unbranched alkanes of at least 4 members (excludes halogenated alkanes) is 9. The SMILES string of the molecule is C=C(OCCOC(=O)C(N)CC(C)C)C(N)CC(C)C.CC(C)CC(N)C(=O)OC1CCC(OC(=O)C(N)CC(C)C)CC1.O=C(CCCCC(=O)Oc1ccc([N+](=O)[O-])cc1)Oc1ccc([N+](=O)[O-])cc1.O=C(CCCCCCCCC(=O)Oc1ccc([N+](=O)[O-])cc1)Oc1ccc([N+](=O)[O-])cc1.SCCCCCCS. The molecule has 0 aromatic heterocycles. The number of nitro benzene ring substituents is 4. The smallest absolute Gasteiger partial charge is 0.323 e. The van der Waals surface area contributed by atoms with Gasteiger partial charge in [0.05, 0.1) is 25.7 Å². The van der Waals surface area contributed by atoms with Gasteiger partial charge in [0.25, 0.3) is 22.7 Å². The number of hydrogen-bond donors (Lipinski definition) is 6. The van der Waals surface area contributed by atoms with Crippen molar-refractivity contribution in [1.29, 1.82) is 0 Å². The second-order valence-corrected chi connectivity index (χ2v) is 29.2. The lowest BCUT2D eigenvalue weighted by molar-refractivity contribution is -0.385. The number of nitrogens with two attached hydrogens (primary N) is 4. The number of hydrogen-bond acceptors (Lipinski definition) is 29. The summed E-state index contributed by atoms with van der Waals surface area (Å²) in [5, 5.41) is 42.3. The van der Waals surface area contributed by atoms with Crippen LogP contribution in [0.15, 0.2) is 109 Å². The number of esters is 7. The Morgan fingerprint density at radius 2 is 0.589 bits per heavy atom. The average molecular weight is 1610 g/mol. The Morgan fingerprint density at radius 1 is 0.366 bits per heavy atom. The number of ether oxygens (including phenoxy) is 8. The van der Waals surface area contributed by atoms with Crippen LogP contribution < -0.4 is 41.9 Å². The molecule has 5 rings (SSSR count). The van der Waals surface area contributed by atoms with Crippen molar-refractivity contribution in [1.82, 2.24) is 0 Å². The minimum absolute atomic E-state index is 0.0654. The van der Waals surface area contributed by atoms with Gasteiger partial charge in [0, 0.05) is 74.2 Å². The molecule has 112 heavy (non-hydrogen) atoms. The van der Waals surface area contributed by atoms with Gasteiger partial charge in [-0.3, -0.25) is 74.0 Å². The molecule has 8 N–H and O–H groups in total. The molecular weight excluding hydrogens is 1490 g/mol. The summed E-state index contributed by atoms with van der Waals surface area (Å²) in [5.41, 5.74) is 23.0. The van der Waals surface area contributed by atoms with Gasteiger partial charge in [-0.05, 0) is 174 Å². The largest absolute Gasteiger partial charge is 0.493 e. The average Bonchev–Trinajstić information content (AvgIpc) is 0.875. The molecule has 0 spiro atoms. The molecular formula is C79H118N8O23S2. The van der Waals surface area contributed by atoms with Crippen LogP contribution >= 0.6 is 25.3 Å². The van der Waals surface area contributed by atoms with Gasteiger partial charge in [-0.2, -0.15) is 25.3 Å². The molecule has 4 atom stereocenters. The summed E-state index contributed by atoms with van der Waals surface area (Å²) in [4.78, 5) is 123. The van der Waals surface area contributed by atoms with Crippen LogP contribution in [0.5, 0.6) is 23.0 Å². The number of nitro groups is 4. The zero-order valence-electron chi connectivity index (χ0n) is 65.9. The van der Waals surface area contributed by atoms with Crippen molar-refractivity contribution in [3.63, 3.8) is 0 Å². The zero-order valence-corrected chi connectivity index (χ0v) is 67.7. The monoisotopic (exact) mass is 1610 g/mol. The highest BCUT2D eigenvalue weighted by atomic mass is 32.1. The number of carbonyl (C=O) groups is 7. The van der Waals surface area contributed by atoms with Gasteiger partial charge in [0.2, 0.25) is 0 Å². The molecule has 4 aromatic carbocycles. The first-order valence-corrected chi connectivity index (χ1v) is 39.2. The quantitative estimate of drug-likeness (QED) is 0.00350. The fourth-order valence-corrected chi connectivity index (χ4v) is 10.8. The minimum Gasteiger partial charge on any atom is -0.493 e. The van der Waals surface area contributed by atoms with Gasteiger partial charge in [-0.25, -0.2) is 0 Å². The number of thiol groups is 2. The number of non-ortho nitro benzene ring substituents is 4. The summed E-state index contributed by atoms with van der Waals surface area (Å²) in [6.07, 6.45) is 16.7. The first-order chi connectivity index (χ1) is 53.0. The van der Waals surface area contributed by atoms with Crippen LogP contribution in [0, 0.1) is 64.1 Å². The lowest BCUT2D eigenvalue weighted by Gasteiger charge is -2.29. The van der Waals surface area contributed by atoms with E-state index in [2.05, 4.69) is 45.7 Å². The van der Waals surface area contributed by atoms with Crippen molar-refractivity contribution < 1.29 is 91.1 Å². The Morgan fingerprint density at radius 3 is 0.839 bits per heavy atom. The highest BCUT2D eigenvalue weighted by molar-refractivity contribution is 7.80. The Bertz CT molecular complexity index is 3230. The first-order valence-electron chi connectivity index (χ1n) is 38.0. The van der Waals surface area contributed by atoms with E-state index in [1.54, 1.807) is 0 Å². The normalized spacial score (nSPS) is 13.8. The van der Waals surface area contributed by atoms with Crippen LogP contribution in [-0.4, -0.2) is 123 Å². The third-order valence-electron chi connectivity index (χ3n) is 16.2. The summed E-state index contributed by atoms with van der Waals surface area (Å²) in [7, 11) is 0. The van der Waals surface area contributed by atoms with Crippen LogP contribution in [0.1, 0.15) is 209 Å². The van der Waals surface area contributed by atoms with Crippen molar-refractivity contribution in [2.45, 2.75) is 246 Å². The topological polar surface area (TPSA) is 470 Å². The predicted molar refractivity (Wildman–Crippen MR) is 431 cm³/mol. The molecule has 0 saturated heterocycles. The third-order valence-corrected chi connectivity index (χ3v) is 16.9. The Hall–Kier alpha value is -9.15. The van der Waals surface area contributed by atoms with E-state index in [1.165, 1.54) is 123 Å². The highest BCUT2D eigenvalue weighted by Crippen LogP contribution is 2.27. The Balaban J connectivity index is 0.000000730. The molecule has 0 aliphatic heterocycles. The molecule has 33 heteroatoms. The summed E-state index contributed by atoms with van der Waals surface area (Å²) in [5.74, 6) is 2.28. The number of nitrogens with zero attached hydrogens (tertiary/aromatic N) is 4. The Labute approximate surface area is 667 Å². The minimum atomic E-state index is -0.568. The van der Waals surface area contributed by atoms with E-state index in [-0.39, 0.29) is 133 Å². The first kappa shape index (κ1) is 101. The van der Waals surface area contributed by atoms with Gasteiger partial charge in [0.15, 0.2) is 0 Å². The zero-order chi connectivity index (χ0) is 84.1. The van der Waals surface area contributed by atoms with Crippen LogP contribution in [0.2, 0.25) is 0 Å². The van der Waals surface area contributed by atoms with E-state index in [4.69, 9.17) is 60.8 Å². The van der Waals surface area contributed by atoms with Crippen LogP contribution in [0.25, 0.3) is 0 Å². The Kier molecular flexibility index (Phi) is 52.9. The second kappa shape index (κ2) is 58.7. The van der Waals surface area contributed by atoms with E-state index < -0.39 is 49.8 Å². The molecule has 0 radical (unpaired) electrons. The maximum atomic E-state index is 11.9. The van der Waals surface area contributed by atoms with Crippen molar-refractivity contribution in [2.75, 3.05) is 24.7 Å². The van der Waals surface area contributed by atoms with Crippen molar-refractivity contribution >= 4 is 89.8 Å². The van der Waals surface area contributed by atoms with Gasteiger partial charge < -0.3 is 60.8 Å². The highest BCUT2D eigenvalue weighted by Gasteiger charge is 2.30. The van der Waals surface area contributed by atoms with Gasteiger partial charge >= 0.3 is 41.8 Å². The van der Waals surface area contributed by atoms with Crippen LogP contribution in [-0.2, 0) is 52.5 Å². The molecule has 0 amide bonds. The van der Waals surface area contributed by atoms with E-state index >= 15 is 0 Å². The summed E-state index contributed by atoms with van der Waals surface area (Å²) < 4.78 is 41.8. The summed E-state index contributed by atoms with van der Waals surface area (Å²) in [6.45, 7) is 20.5. The molecule has 1 aliphatic rings. The maximum Gasteiger partial charge on any atom is 0.323 e. The summed E-state index contributed by atoms with van der Waals surface area (Å²) >= 11 is 8.21. The molecule has 0 bridgehead atoms. The fraction of sp³-hybridized carbons (Fsp3) is 0.582. The van der Waals surface area contributed by atoms with Crippen LogP contribution in [0.4, 0.5) is 22.7 Å². The van der Waals surface area contributed by atoms with Gasteiger partial charge in [-0.15, -0.1) is 0 Å². The lowest BCUT2D eigenvalue weighted by Crippen LogP contribution is -2.39. The van der Waals surface area contributed by atoms with E-state index in [0.29, 0.717) is 100 Å². The van der Waals surface area contributed by atoms with Gasteiger partial charge in [-0.1, -0.05) is 100 Å². The van der Waals surface area contributed by atoms with Crippen molar-refractivity contribution in [3.8, 4) is 23.0 Å². The fourth-order valence-electron chi connectivity index (χ4n) is 10.4. The van der Waals surface area contributed by atoms with E-state index in [9.17, 15) is 74.0 Å². The number of rotatable bonds is 45. The number of carbonyl (C=O) groups excluding carboxylic acids is 7.